The Labute approximate surface area is 275 Å². The van der Waals surface area contributed by atoms with Gasteiger partial charge >= 0.3 is 11.9 Å². The quantitative estimate of drug-likeness (QED) is 0.247. The molecule has 5 heteroatoms. The van der Waals surface area contributed by atoms with E-state index in [1.54, 1.807) is 12.1 Å². The number of ketones is 1. The second-order valence-corrected chi connectivity index (χ2v) is 15.6. The summed E-state index contributed by atoms with van der Waals surface area (Å²) < 4.78 is 11.6. The summed E-state index contributed by atoms with van der Waals surface area (Å²) in [6.45, 7) is 9.77. The summed E-state index contributed by atoms with van der Waals surface area (Å²) >= 11 is 0. The number of hydrogen-bond donors (Lipinski definition) is 0. The maximum absolute atomic E-state index is 13.8. The van der Waals surface area contributed by atoms with Crippen molar-refractivity contribution in [1.29, 1.82) is 0 Å². The summed E-state index contributed by atoms with van der Waals surface area (Å²) in [5, 5.41) is 0. The van der Waals surface area contributed by atoms with Gasteiger partial charge in [-0.3, -0.25) is 4.79 Å². The molecule has 0 N–H and O–H groups in total. The predicted molar refractivity (Wildman–Crippen MR) is 180 cm³/mol. The van der Waals surface area contributed by atoms with Crippen molar-refractivity contribution in [3.8, 4) is 0 Å². The molecule has 46 heavy (non-hydrogen) atoms. The summed E-state index contributed by atoms with van der Waals surface area (Å²) in [5.41, 5.74) is 2.77. The zero-order valence-electron chi connectivity index (χ0n) is 28.2. The molecule has 0 radical (unpaired) electrons. The lowest BCUT2D eigenvalue weighted by molar-refractivity contribution is -0.142. The largest absolute Gasteiger partial charge is 0.462 e. The van der Waals surface area contributed by atoms with Gasteiger partial charge in [0.2, 0.25) is 0 Å². The summed E-state index contributed by atoms with van der Waals surface area (Å²) in [5.74, 6) is 2.21. The number of esters is 2. The first-order valence-electron chi connectivity index (χ1n) is 17.8. The van der Waals surface area contributed by atoms with Crippen LogP contribution in [-0.4, -0.2) is 30.4 Å². The van der Waals surface area contributed by atoms with Gasteiger partial charge in [-0.2, -0.15) is 0 Å². The van der Waals surface area contributed by atoms with Crippen molar-refractivity contribution in [3.05, 3.63) is 83.4 Å². The molecule has 3 saturated carbocycles. The van der Waals surface area contributed by atoms with E-state index in [2.05, 4.69) is 33.8 Å². The van der Waals surface area contributed by atoms with Crippen LogP contribution in [0.25, 0.3) is 0 Å². The van der Waals surface area contributed by atoms with Crippen LogP contribution in [0.5, 0.6) is 0 Å². The Kier molecular flexibility index (Phi) is 9.60. The Bertz CT molecular complexity index is 1430. The number of benzene rings is 2. The van der Waals surface area contributed by atoms with Crippen molar-refractivity contribution in [2.24, 2.45) is 46.3 Å². The van der Waals surface area contributed by atoms with Crippen LogP contribution in [0.2, 0.25) is 0 Å². The summed E-state index contributed by atoms with van der Waals surface area (Å²) in [6.07, 6.45) is 12.6. The second-order valence-electron chi connectivity index (χ2n) is 15.6. The second kappa shape index (κ2) is 13.5. The molecule has 0 saturated heterocycles. The molecule has 4 aliphatic rings. The van der Waals surface area contributed by atoms with Crippen LogP contribution in [0.4, 0.5) is 0 Å². The van der Waals surface area contributed by atoms with Crippen LogP contribution in [-0.2, 0) is 14.3 Å². The third kappa shape index (κ3) is 6.36. The molecule has 3 fully saturated rings. The van der Waals surface area contributed by atoms with Gasteiger partial charge in [-0.15, -0.1) is 0 Å². The van der Waals surface area contributed by atoms with E-state index in [0.29, 0.717) is 53.1 Å². The van der Waals surface area contributed by atoms with Crippen LogP contribution >= 0.6 is 0 Å². The van der Waals surface area contributed by atoms with E-state index < -0.39 is 0 Å². The van der Waals surface area contributed by atoms with Crippen LogP contribution < -0.4 is 0 Å². The fourth-order valence-corrected chi connectivity index (χ4v) is 10.2. The number of hydrogen-bond acceptors (Lipinski definition) is 5. The topological polar surface area (TPSA) is 69.7 Å². The first-order valence-corrected chi connectivity index (χ1v) is 17.8. The highest BCUT2D eigenvalue weighted by Gasteiger charge is 2.61. The molecule has 2 aromatic carbocycles. The highest BCUT2D eigenvalue weighted by atomic mass is 16.5. The van der Waals surface area contributed by atoms with Gasteiger partial charge < -0.3 is 9.47 Å². The molecule has 5 nitrogen and oxygen atoms in total. The minimum Gasteiger partial charge on any atom is -0.462 e. The van der Waals surface area contributed by atoms with Gasteiger partial charge in [0.05, 0.1) is 17.7 Å². The van der Waals surface area contributed by atoms with Gasteiger partial charge in [-0.1, -0.05) is 76.1 Å². The summed E-state index contributed by atoms with van der Waals surface area (Å²) in [7, 11) is 0. The molecule has 9 atom stereocenters. The fraction of sp³-hybridized carbons (Fsp3) is 0.585. The zero-order chi connectivity index (χ0) is 32.5. The smallest absolute Gasteiger partial charge is 0.338 e. The molecule has 0 bridgehead atoms. The number of fused-ring (bicyclic) bond motifs is 5. The highest BCUT2D eigenvalue weighted by Crippen LogP contribution is 2.66. The number of ether oxygens (including phenoxy) is 2. The lowest BCUT2D eigenvalue weighted by Gasteiger charge is -2.60. The Hall–Kier alpha value is -3.21. The average Bonchev–Trinajstić information content (AvgIpc) is 3.34. The molecule has 0 unspecified atom stereocenters. The zero-order valence-corrected chi connectivity index (χ0v) is 28.2. The number of rotatable bonds is 10. The minimum absolute atomic E-state index is 0.0166. The predicted octanol–water partition coefficient (Wildman–Crippen LogP) is 9.27. The molecule has 0 aromatic heterocycles. The SMILES string of the molecule is C[C@H](CCC[C@@H](C)C1=CC(=O)[C@H]2[C@@H]3CC[C@H]4C[C@H](OC(=O)c5ccccc5)CC[C@]4(C)[C@H]3CC[C@]12C)COC(=O)c1ccccc1. The van der Waals surface area contributed by atoms with Crippen LogP contribution in [0, 0.1) is 46.3 Å². The maximum atomic E-state index is 13.8. The Balaban J connectivity index is 1.02. The Morgan fingerprint density at radius 3 is 2.22 bits per heavy atom. The third-order valence-corrected chi connectivity index (χ3v) is 12.7. The van der Waals surface area contributed by atoms with Crippen molar-refractivity contribution in [2.75, 3.05) is 6.61 Å². The first kappa shape index (κ1) is 32.7. The Morgan fingerprint density at radius 2 is 1.52 bits per heavy atom. The van der Waals surface area contributed by atoms with E-state index in [1.807, 2.05) is 48.5 Å². The van der Waals surface area contributed by atoms with E-state index in [-0.39, 0.29) is 34.8 Å². The number of carbonyl (C=O) groups is 3. The molecule has 0 heterocycles. The molecule has 0 spiro atoms. The lowest BCUT2D eigenvalue weighted by atomic mass is 9.44. The molecule has 2 aromatic rings. The summed E-state index contributed by atoms with van der Waals surface area (Å²) in [6, 6.07) is 18.5. The molecular weight excluding hydrogens is 572 g/mol. The average molecular weight is 625 g/mol. The minimum atomic E-state index is -0.257. The molecule has 246 valence electrons. The van der Waals surface area contributed by atoms with Crippen molar-refractivity contribution in [3.63, 3.8) is 0 Å². The highest BCUT2D eigenvalue weighted by molar-refractivity contribution is 5.97. The van der Waals surface area contributed by atoms with E-state index in [9.17, 15) is 14.4 Å². The standard InChI is InChI=1S/C41H52O5/c1-27(26-45-38(43)29-14-7-5-8-15-29)12-11-13-28(2)35-25-36(42)37-33-19-18-31-24-32(46-39(44)30-16-9-6-10-17-30)20-22-40(31,3)34(33)21-23-41(35,37)4/h5-10,14-17,25,27-28,31-34,37H,11-13,18-24,26H2,1-4H3/t27-,28-,31+,32-,33-,34+,37-,40+,41-/m1/s1. The normalized spacial score (nSPS) is 33.1. The van der Waals surface area contributed by atoms with Gasteiger partial charge in [0, 0.05) is 5.92 Å². The summed E-state index contributed by atoms with van der Waals surface area (Å²) in [4.78, 5) is 38.9. The molecule has 0 aliphatic heterocycles. The lowest BCUT2D eigenvalue weighted by Crippen LogP contribution is -2.55. The third-order valence-electron chi connectivity index (χ3n) is 12.7. The fourth-order valence-electron chi connectivity index (χ4n) is 10.2. The molecule has 6 rings (SSSR count). The monoisotopic (exact) mass is 624 g/mol. The van der Waals surface area contributed by atoms with Crippen LogP contribution in [0.1, 0.15) is 113 Å². The van der Waals surface area contributed by atoms with Crippen molar-refractivity contribution < 1.29 is 23.9 Å². The Morgan fingerprint density at radius 1 is 0.848 bits per heavy atom. The molecule has 4 aliphatic carbocycles. The number of carbonyl (C=O) groups excluding carboxylic acids is 3. The first-order chi connectivity index (χ1) is 22.1. The van der Waals surface area contributed by atoms with E-state index in [4.69, 9.17) is 9.47 Å². The van der Waals surface area contributed by atoms with Crippen LogP contribution in [0.15, 0.2) is 72.3 Å². The van der Waals surface area contributed by atoms with Gasteiger partial charge in [-0.25, -0.2) is 9.59 Å². The van der Waals surface area contributed by atoms with E-state index >= 15 is 0 Å². The van der Waals surface area contributed by atoms with Gasteiger partial charge in [0.1, 0.15) is 6.10 Å². The van der Waals surface area contributed by atoms with Crippen molar-refractivity contribution in [2.45, 2.75) is 98.0 Å². The van der Waals surface area contributed by atoms with Crippen molar-refractivity contribution in [1.82, 2.24) is 0 Å². The van der Waals surface area contributed by atoms with Gasteiger partial charge in [-0.05, 0) is 129 Å². The van der Waals surface area contributed by atoms with Crippen molar-refractivity contribution >= 4 is 17.7 Å². The van der Waals surface area contributed by atoms with E-state index in [0.717, 1.165) is 57.8 Å². The van der Waals surface area contributed by atoms with Gasteiger partial charge in [0.25, 0.3) is 0 Å². The molecule has 0 amide bonds. The van der Waals surface area contributed by atoms with Gasteiger partial charge in [0.15, 0.2) is 5.78 Å². The molecular formula is C41H52O5. The maximum Gasteiger partial charge on any atom is 0.338 e. The number of allylic oxidation sites excluding steroid dienone is 2. The van der Waals surface area contributed by atoms with Crippen LogP contribution in [0.3, 0.4) is 0 Å². The van der Waals surface area contributed by atoms with E-state index in [1.165, 1.54) is 12.0 Å².